The van der Waals surface area contributed by atoms with E-state index >= 15 is 0 Å². The summed E-state index contributed by atoms with van der Waals surface area (Å²) in [5, 5.41) is 2.95. The molecule has 2 nitrogen and oxygen atoms in total. The molecule has 98 valence electrons. The molecule has 0 bridgehead atoms. The van der Waals surface area contributed by atoms with Crippen LogP contribution in [-0.2, 0) is 6.54 Å². The quantitative estimate of drug-likeness (QED) is 0.911. The molecule has 0 saturated heterocycles. The second kappa shape index (κ2) is 6.02. The number of benzene rings is 2. The highest BCUT2D eigenvalue weighted by molar-refractivity contribution is 9.10. The molecule has 3 heteroatoms. The van der Waals surface area contributed by atoms with Crippen LogP contribution in [0.5, 0.6) is 0 Å². The molecule has 0 unspecified atom stereocenters. The van der Waals surface area contributed by atoms with E-state index in [0.717, 1.165) is 10.0 Å². The van der Waals surface area contributed by atoms with Crippen molar-refractivity contribution in [2.24, 2.45) is 0 Å². The molecule has 1 N–H and O–H groups in total. The zero-order valence-corrected chi connectivity index (χ0v) is 12.6. The Morgan fingerprint density at radius 2 is 1.89 bits per heavy atom. The monoisotopic (exact) mass is 317 g/mol. The highest BCUT2D eigenvalue weighted by atomic mass is 79.9. The minimum atomic E-state index is -0.0625. The van der Waals surface area contributed by atoms with E-state index in [1.807, 2.05) is 18.2 Å². The second-order valence-electron chi connectivity index (χ2n) is 4.59. The van der Waals surface area contributed by atoms with E-state index in [2.05, 4.69) is 53.3 Å². The first-order valence-electron chi connectivity index (χ1n) is 6.17. The van der Waals surface area contributed by atoms with Crippen LogP contribution >= 0.6 is 15.9 Å². The van der Waals surface area contributed by atoms with Crippen molar-refractivity contribution in [1.82, 2.24) is 5.32 Å². The van der Waals surface area contributed by atoms with Gasteiger partial charge in [0, 0.05) is 11.0 Å². The molecule has 0 atom stereocenters. The van der Waals surface area contributed by atoms with Gasteiger partial charge in [0.2, 0.25) is 0 Å². The van der Waals surface area contributed by atoms with Crippen molar-refractivity contribution >= 4 is 21.8 Å². The van der Waals surface area contributed by atoms with E-state index in [0.29, 0.717) is 12.1 Å². The first-order chi connectivity index (χ1) is 9.08. The molecular formula is C16H16BrNO. The summed E-state index contributed by atoms with van der Waals surface area (Å²) < 4.78 is 0.813. The predicted molar refractivity (Wildman–Crippen MR) is 81.2 cm³/mol. The van der Waals surface area contributed by atoms with Gasteiger partial charge < -0.3 is 5.32 Å². The molecule has 2 aromatic rings. The van der Waals surface area contributed by atoms with Gasteiger partial charge in [0.1, 0.15) is 0 Å². The minimum Gasteiger partial charge on any atom is -0.348 e. The topological polar surface area (TPSA) is 29.1 Å². The minimum absolute atomic E-state index is 0.0625. The number of aryl methyl sites for hydroxylation is 2. The number of nitrogens with one attached hydrogen (secondary N) is 1. The van der Waals surface area contributed by atoms with Crippen LogP contribution in [0.4, 0.5) is 0 Å². The Morgan fingerprint density at radius 1 is 1.16 bits per heavy atom. The molecule has 19 heavy (non-hydrogen) atoms. The summed E-state index contributed by atoms with van der Waals surface area (Å²) >= 11 is 3.39. The van der Waals surface area contributed by atoms with Gasteiger partial charge in [-0.25, -0.2) is 0 Å². The summed E-state index contributed by atoms with van der Waals surface area (Å²) in [6, 6.07) is 13.7. The fraction of sp³-hybridized carbons (Fsp3) is 0.188. The Hall–Kier alpha value is -1.61. The van der Waals surface area contributed by atoms with Crippen molar-refractivity contribution in [1.29, 1.82) is 0 Å². The van der Waals surface area contributed by atoms with Crippen LogP contribution < -0.4 is 5.32 Å². The van der Waals surface area contributed by atoms with Crippen molar-refractivity contribution in [2.45, 2.75) is 20.4 Å². The van der Waals surface area contributed by atoms with Crippen LogP contribution in [0.25, 0.3) is 0 Å². The van der Waals surface area contributed by atoms with Crippen LogP contribution in [0, 0.1) is 13.8 Å². The fourth-order valence-electron chi connectivity index (χ4n) is 1.96. The van der Waals surface area contributed by atoms with Crippen LogP contribution in [0.3, 0.4) is 0 Å². The average Bonchev–Trinajstić information content (AvgIpc) is 2.38. The molecule has 1 amide bonds. The van der Waals surface area contributed by atoms with E-state index in [4.69, 9.17) is 0 Å². The molecule has 0 heterocycles. The lowest BCUT2D eigenvalue weighted by Gasteiger charge is -2.09. The fourth-order valence-corrected chi connectivity index (χ4v) is 2.43. The van der Waals surface area contributed by atoms with Crippen molar-refractivity contribution in [3.8, 4) is 0 Å². The van der Waals surface area contributed by atoms with Gasteiger partial charge in [-0.05, 0) is 53.0 Å². The Balaban J connectivity index is 2.07. The van der Waals surface area contributed by atoms with E-state index in [9.17, 15) is 4.79 Å². The smallest absolute Gasteiger partial charge is 0.252 e. The molecule has 0 fully saturated rings. The first-order valence-corrected chi connectivity index (χ1v) is 6.96. The zero-order valence-electron chi connectivity index (χ0n) is 11.0. The second-order valence-corrected chi connectivity index (χ2v) is 5.45. The van der Waals surface area contributed by atoms with E-state index in [-0.39, 0.29) is 5.91 Å². The van der Waals surface area contributed by atoms with Crippen molar-refractivity contribution in [3.05, 3.63) is 69.2 Å². The third-order valence-corrected chi connectivity index (χ3v) is 3.75. The number of carbonyl (C=O) groups is 1. The van der Waals surface area contributed by atoms with Gasteiger partial charge in [0.25, 0.3) is 5.91 Å². The Kier molecular flexibility index (Phi) is 4.38. The van der Waals surface area contributed by atoms with Crippen molar-refractivity contribution in [2.75, 3.05) is 0 Å². The highest BCUT2D eigenvalue weighted by Gasteiger charge is 2.09. The van der Waals surface area contributed by atoms with Crippen LogP contribution in [-0.4, -0.2) is 5.91 Å². The van der Waals surface area contributed by atoms with Gasteiger partial charge in [0.05, 0.1) is 5.56 Å². The summed E-state index contributed by atoms with van der Waals surface area (Å²) in [6.07, 6.45) is 0. The lowest BCUT2D eigenvalue weighted by atomic mass is 10.1. The first kappa shape index (κ1) is 13.8. The van der Waals surface area contributed by atoms with Crippen LogP contribution in [0.2, 0.25) is 0 Å². The molecular weight excluding hydrogens is 302 g/mol. The lowest BCUT2D eigenvalue weighted by molar-refractivity contribution is 0.0950. The molecule has 0 aliphatic rings. The lowest BCUT2D eigenvalue weighted by Crippen LogP contribution is -2.23. The molecule has 0 spiro atoms. The summed E-state index contributed by atoms with van der Waals surface area (Å²) in [4.78, 5) is 12.1. The maximum atomic E-state index is 12.1. The maximum absolute atomic E-state index is 12.1. The molecule has 0 radical (unpaired) electrons. The summed E-state index contributed by atoms with van der Waals surface area (Å²) in [5.74, 6) is -0.0625. The van der Waals surface area contributed by atoms with E-state index in [1.165, 1.54) is 11.1 Å². The molecule has 0 aliphatic heterocycles. The summed E-state index contributed by atoms with van der Waals surface area (Å²) in [6.45, 7) is 4.68. The third kappa shape index (κ3) is 3.44. The average molecular weight is 318 g/mol. The van der Waals surface area contributed by atoms with Crippen LogP contribution in [0.15, 0.2) is 46.9 Å². The SMILES string of the molecule is Cc1ccc(CNC(=O)c2ccccc2Br)c(C)c1. The number of carbonyl (C=O) groups excluding carboxylic acids is 1. The third-order valence-electron chi connectivity index (χ3n) is 3.06. The van der Waals surface area contributed by atoms with Crippen molar-refractivity contribution < 1.29 is 4.79 Å². The molecule has 2 rings (SSSR count). The number of hydrogen-bond acceptors (Lipinski definition) is 1. The normalized spacial score (nSPS) is 10.3. The highest BCUT2D eigenvalue weighted by Crippen LogP contribution is 2.16. The van der Waals surface area contributed by atoms with Gasteiger partial charge in [-0.15, -0.1) is 0 Å². The van der Waals surface area contributed by atoms with Gasteiger partial charge >= 0.3 is 0 Å². The maximum Gasteiger partial charge on any atom is 0.252 e. The number of rotatable bonds is 3. The van der Waals surface area contributed by atoms with Crippen molar-refractivity contribution in [3.63, 3.8) is 0 Å². The molecule has 0 aromatic heterocycles. The van der Waals surface area contributed by atoms with E-state index in [1.54, 1.807) is 6.07 Å². The Morgan fingerprint density at radius 3 is 2.58 bits per heavy atom. The number of halogens is 1. The number of amides is 1. The van der Waals surface area contributed by atoms with Gasteiger partial charge in [-0.1, -0.05) is 35.9 Å². The van der Waals surface area contributed by atoms with E-state index < -0.39 is 0 Å². The molecule has 2 aromatic carbocycles. The van der Waals surface area contributed by atoms with Gasteiger partial charge in [-0.3, -0.25) is 4.79 Å². The summed E-state index contributed by atoms with van der Waals surface area (Å²) in [5.41, 5.74) is 4.24. The standard InChI is InChI=1S/C16H16BrNO/c1-11-7-8-13(12(2)9-11)10-18-16(19)14-5-3-4-6-15(14)17/h3-9H,10H2,1-2H3,(H,18,19). The Labute approximate surface area is 122 Å². The van der Waals surface area contributed by atoms with Gasteiger partial charge in [0.15, 0.2) is 0 Å². The summed E-state index contributed by atoms with van der Waals surface area (Å²) in [7, 11) is 0. The number of hydrogen-bond donors (Lipinski definition) is 1. The van der Waals surface area contributed by atoms with Crippen LogP contribution in [0.1, 0.15) is 27.0 Å². The molecule has 0 aliphatic carbocycles. The Bertz CT molecular complexity index is 607. The predicted octanol–water partition coefficient (Wildman–Crippen LogP) is 4.00. The van der Waals surface area contributed by atoms with Gasteiger partial charge in [-0.2, -0.15) is 0 Å². The molecule has 0 saturated carbocycles. The zero-order chi connectivity index (χ0) is 13.8. The largest absolute Gasteiger partial charge is 0.348 e.